The van der Waals surface area contributed by atoms with Gasteiger partial charge in [-0.15, -0.1) is 35.3 Å². The molecule has 0 saturated carbocycles. The van der Waals surface area contributed by atoms with Crippen molar-refractivity contribution in [3.05, 3.63) is 45.4 Å². The molecule has 1 saturated heterocycles. The van der Waals surface area contributed by atoms with Gasteiger partial charge in [0.15, 0.2) is 5.96 Å². The van der Waals surface area contributed by atoms with E-state index in [1.165, 1.54) is 10.4 Å². The zero-order chi connectivity index (χ0) is 19.8. The van der Waals surface area contributed by atoms with E-state index >= 15 is 0 Å². The van der Waals surface area contributed by atoms with Crippen LogP contribution in [0.15, 0.2) is 29.4 Å². The number of benzene rings is 1. The molecule has 6 nitrogen and oxygen atoms in total. The van der Waals surface area contributed by atoms with E-state index in [0.29, 0.717) is 13.2 Å². The SMILES string of the molecule is CN=C(NCCc1ncc(C)s1)NCc1ccc(C)cc1OCC1CCCO1.I. The normalized spacial score (nSPS) is 16.4. The van der Waals surface area contributed by atoms with Gasteiger partial charge >= 0.3 is 0 Å². The van der Waals surface area contributed by atoms with Gasteiger partial charge in [-0.2, -0.15) is 0 Å². The molecule has 1 aromatic carbocycles. The third-order valence-corrected chi connectivity index (χ3v) is 5.61. The number of halogens is 1. The lowest BCUT2D eigenvalue weighted by Gasteiger charge is -2.17. The van der Waals surface area contributed by atoms with Crippen LogP contribution in [0.5, 0.6) is 5.75 Å². The van der Waals surface area contributed by atoms with Crippen LogP contribution in [0.2, 0.25) is 0 Å². The molecule has 0 radical (unpaired) electrons. The van der Waals surface area contributed by atoms with Crippen molar-refractivity contribution in [2.75, 3.05) is 26.8 Å². The zero-order valence-corrected chi connectivity index (χ0v) is 20.5. The van der Waals surface area contributed by atoms with Gasteiger partial charge in [0.25, 0.3) is 0 Å². The van der Waals surface area contributed by atoms with Crippen LogP contribution >= 0.6 is 35.3 Å². The van der Waals surface area contributed by atoms with Crippen LogP contribution in [0, 0.1) is 13.8 Å². The molecule has 8 heteroatoms. The monoisotopic (exact) mass is 530 g/mol. The molecule has 1 unspecified atom stereocenters. The van der Waals surface area contributed by atoms with Gasteiger partial charge in [0.05, 0.1) is 11.1 Å². The number of thiazole rings is 1. The Labute approximate surface area is 194 Å². The molecule has 0 amide bonds. The summed E-state index contributed by atoms with van der Waals surface area (Å²) < 4.78 is 11.7. The number of hydrogen-bond donors (Lipinski definition) is 2. The number of aromatic nitrogens is 1. The molecule has 2 heterocycles. The Balaban J connectivity index is 0.00000300. The predicted octanol–water partition coefficient (Wildman–Crippen LogP) is 3.84. The maximum Gasteiger partial charge on any atom is 0.191 e. The van der Waals surface area contributed by atoms with Gasteiger partial charge in [-0.1, -0.05) is 12.1 Å². The molecule has 160 valence electrons. The second-order valence-electron chi connectivity index (χ2n) is 7.02. The first-order valence-electron chi connectivity index (χ1n) is 9.84. The lowest BCUT2D eigenvalue weighted by Crippen LogP contribution is -2.38. The second-order valence-corrected chi connectivity index (χ2v) is 8.34. The first-order valence-corrected chi connectivity index (χ1v) is 10.7. The number of guanidine groups is 1. The molecular formula is C21H31IN4O2S. The van der Waals surface area contributed by atoms with Crippen LogP contribution in [0.25, 0.3) is 0 Å². The quantitative estimate of drug-likeness (QED) is 0.309. The molecule has 1 aliphatic rings. The number of aryl methyl sites for hydroxylation is 2. The number of hydrogen-bond acceptors (Lipinski definition) is 5. The predicted molar refractivity (Wildman–Crippen MR) is 130 cm³/mol. The Kier molecular flexibility index (Phi) is 10.2. The van der Waals surface area contributed by atoms with Crippen molar-refractivity contribution in [3.8, 4) is 5.75 Å². The molecule has 2 aromatic rings. The average Bonchev–Trinajstić information content (AvgIpc) is 3.35. The van der Waals surface area contributed by atoms with Gasteiger partial charge in [-0.3, -0.25) is 4.99 Å². The summed E-state index contributed by atoms with van der Waals surface area (Å²) >= 11 is 1.74. The molecule has 2 N–H and O–H groups in total. The largest absolute Gasteiger partial charge is 0.491 e. The summed E-state index contributed by atoms with van der Waals surface area (Å²) in [4.78, 5) is 9.95. The zero-order valence-electron chi connectivity index (χ0n) is 17.4. The third kappa shape index (κ3) is 7.75. The molecule has 1 fully saturated rings. The molecular weight excluding hydrogens is 499 g/mol. The van der Waals surface area contributed by atoms with Crippen LogP contribution < -0.4 is 15.4 Å². The van der Waals surface area contributed by atoms with Crippen molar-refractivity contribution in [3.63, 3.8) is 0 Å². The van der Waals surface area contributed by atoms with Crippen LogP contribution in [0.4, 0.5) is 0 Å². The van der Waals surface area contributed by atoms with Crippen molar-refractivity contribution in [1.29, 1.82) is 0 Å². The molecule has 3 rings (SSSR count). The third-order valence-electron chi connectivity index (χ3n) is 4.64. The maximum absolute atomic E-state index is 6.08. The molecule has 29 heavy (non-hydrogen) atoms. The van der Waals surface area contributed by atoms with E-state index in [2.05, 4.69) is 52.7 Å². The fourth-order valence-electron chi connectivity index (χ4n) is 3.11. The fourth-order valence-corrected chi connectivity index (χ4v) is 3.89. The maximum atomic E-state index is 6.08. The van der Waals surface area contributed by atoms with Gasteiger partial charge < -0.3 is 20.1 Å². The Bertz CT molecular complexity index is 791. The minimum Gasteiger partial charge on any atom is -0.491 e. The number of aliphatic imine (C=N–C) groups is 1. The van der Waals surface area contributed by atoms with Crippen LogP contribution in [0.1, 0.15) is 33.9 Å². The van der Waals surface area contributed by atoms with Gasteiger partial charge in [-0.25, -0.2) is 4.98 Å². The Morgan fingerprint density at radius 3 is 2.90 bits per heavy atom. The number of ether oxygens (including phenoxy) is 2. The van der Waals surface area contributed by atoms with E-state index < -0.39 is 0 Å². The van der Waals surface area contributed by atoms with Crippen LogP contribution in [-0.4, -0.2) is 43.9 Å². The Morgan fingerprint density at radius 1 is 1.34 bits per heavy atom. The minimum atomic E-state index is 0. The summed E-state index contributed by atoms with van der Waals surface area (Å²) in [5, 5.41) is 7.87. The van der Waals surface area contributed by atoms with Crippen molar-refractivity contribution in [2.24, 2.45) is 4.99 Å². The average molecular weight is 530 g/mol. The molecule has 0 spiro atoms. The van der Waals surface area contributed by atoms with Crippen molar-refractivity contribution >= 4 is 41.3 Å². The number of nitrogens with one attached hydrogen (secondary N) is 2. The molecule has 0 aliphatic carbocycles. The van der Waals surface area contributed by atoms with Crippen molar-refractivity contribution in [2.45, 2.75) is 45.8 Å². The molecule has 1 aromatic heterocycles. The van der Waals surface area contributed by atoms with E-state index in [0.717, 1.165) is 54.7 Å². The summed E-state index contributed by atoms with van der Waals surface area (Å²) in [6.45, 7) is 7.06. The van der Waals surface area contributed by atoms with Crippen LogP contribution in [0.3, 0.4) is 0 Å². The minimum absolute atomic E-state index is 0. The Morgan fingerprint density at radius 2 is 2.21 bits per heavy atom. The number of rotatable bonds is 8. The highest BCUT2D eigenvalue weighted by atomic mass is 127. The first-order chi connectivity index (χ1) is 13.6. The van der Waals surface area contributed by atoms with Gasteiger partial charge in [0.2, 0.25) is 0 Å². The lowest BCUT2D eigenvalue weighted by atomic mass is 10.1. The summed E-state index contributed by atoms with van der Waals surface area (Å²) in [6.07, 6.45) is 5.22. The summed E-state index contributed by atoms with van der Waals surface area (Å²) in [5.74, 6) is 1.69. The van der Waals surface area contributed by atoms with Gasteiger partial charge in [0, 0.05) is 49.8 Å². The topological polar surface area (TPSA) is 67.8 Å². The standard InChI is InChI=1S/C21H30N4O2S.HI/c1-15-6-7-17(19(11-15)27-14-18-5-4-10-26-18)13-25-21(22-3)23-9-8-20-24-12-16(2)28-20;/h6-7,11-12,18H,4-5,8-10,13-14H2,1-3H3,(H2,22,23,25);1H. The lowest BCUT2D eigenvalue weighted by molar-refractivity contribution is 0.0676. The van der Waals surface area contributed by atoms with Gasteiger partial charge in [0.1, 0.15) is 12.4 Å². The first kappa shape index (κ1) is 23.9. The summed E-state index contributed by atoms with van der Waals surface area (Å²) in [7, 11) is 1.78. The van der Waals surface area contributed by atoms with Crippen molar-refractivity contribution < 1.29 is 9.47 Å². The highest BCUT2D eigenvalue weighted by Gasteiger charge is 2.17. The highest BCUT2D eigenvalue weighted by molar-refractivity contribution is 14.0. The van der Waals surface area contributed by atoms with E-state index in [1.807, 2.05) is 6.20 Å². The summed E-state index contributed by atoms with van der Waals surface area (Å²) in [6, 6.07) is 6.31. The van der Waals surface area contributed by atoms with Crippen molar-refractivity contribution in [1.82, 2.24) is 15.6 Å². The smallest absolute Gasteiger partial charge is 0.191 e. The molecule has 1 atom stereocenters. The highest BCUT2D eigenvalue weighted by Crippen LogP contribution is 2.22. The van der Waals surface area contributed by atoms with E-state index in [9.17, 15) is 0 Å². The Hall–Kier alpha value is -1.39. The van der Waals surface area contributed by atoms with E-state index in [4.69, 9.17) is 9.47 Å². The van der Waals surface area contributed by atoms with E-state index in [-0.39, 0.29) is 30.1 Å². The van der Waals surface area contributed by atoms with Crippen LogP contribution in [-0.2, 0) is 17.7 Å². The number of nitrogens with zero attached hydrogens (tertiary/aromatic N) is 2. The fraction of sp³-hybridized carbons (Fsp3) is 0.524. The van der Waals surface area contributed by atoms with Gasteiger partial charge in [-0.05, 0) is 38.3 Å². The van der Waals surface area contributed by atoms with E-state index in [1.54, 1.807) is 18.4 Å². The second kappa shape index (κ2) is 12.3. The molecule has 0 bridgehead atoms. The molecule has 1 aliphatic heterocycles. The summed E-state index contributed by atoms with van der Waals surface area (Å²) in [5.41, 5.74) is 2.30.